The van der Waals surface area contributed by atoms with E-state index in [-0.39, 0.29) is 88.1 Å². The number of nitrogens with one attached hydrogen (secondary N) is 4. The van der Waals surface area contributed by atoms with Crippen LogP contribution in [0.1, 0.15) is 129 Å². The minimum absolute atomic E-state index is 0.0437. The van der Waals surface area contributed by atoms with Crippen LogP contribution in [-0.2, 0) is 37.3 Å². The maximum atomic E-state index is 16.3. The highest BCUT2D eigenvalue weighted by Crippen LogP contribution is 2.60. The van der Waals surface area contributed by atoms with Gasteiger partial charge in [-0.3, -0.25) is 34.3 Å². The Morgan fingerprint density at radius 1 is 1.00 bits per heavy atom. The Kier molecular flexibility index (Phi) is 11.9. The molecule has 7 aliphatic rings. The maximum absolute atomic E-state index is 16.3. The summed E-state index contributed by atoms with van der Waals surface area (Å²) in [6, 6.07) is 8.74. The Balaban J connectivity index is 0.775. The molecule has 3 aromatic rings. The number of halogens is 5. The Bertz CT molecular complexity index is 2700. The predicted molar refractivity (Wildman–Crippen MR) is 248 cm³/mol. The summed E-state index contributed by atoms with van der Waals surface area (Å²) in [6.07, 6.45) is 2.53. The maximum Gasteiger partial charge on any atom is 0.433 e. The third kappa shape index (κ3) is 8.55. The van der Waals surface area contributed by atoms with Crippen LogP contribution in [0.25, 0.3) is 0 Å². The van der Waals surface area contributed by atoms with Gasteiger partial charge in [-0.05, 0) is 104 Å². The standard InChI is InChI=1S/C52H56ClF4N7O5/c1-49(2,3)24-40-51(27-59-37-22-39(52(55,56)57)58-25-35(37)51)42(33-8-5-9-36(53)43(33)54)44(61-40)46(67)60-31-14-11-29(12-15-31)47(68)63-20-18-50(19-21-63)23-30(50)13-10-28-6-4-7-32-34(28)26-64(48(32)69)38-16-17-41(65)62-45(38)66/h4-9,22,25,29-31,38,40,42,44,59,61H,11-12,14-21,23-24,26-27H2,1-3H3,(H,60,67)(H,62,65,66)/t29?,30-,31?,38?,40-,42-,44+,51-/m0/s1. The van der Waals surface area contributed by atoms with Crippen LogP contribution in [0.3, 0.4) is 0 Å². The van der Waals surface area contributed by atoms with Gasteiger partial charge in [0.15, 0.2) is 0 Å². The summed E-state index contributed by atoms with van der Waals surface area (Å²) in [6.45, 7) is 7.82. The third-order valence-electron chi connectivity index (χ3n) is 16.2. The van der Waals surface area contributed by atoms with E-state index in [0.29, 0.717) is 62.7 Å². The average molecular weight is 971 g/mol. The zero-order valence-electron chi connectivity index (χ0n) is 38.8. The third-order valence-corrected chi connectivity index (χ3v) is 16.5. The molecule has 3 saturated heterocycles. The number of pyridine rings is 1. The van der Waals surface area contributed by atoms with E-state index in [0.717, 1.165) is 36.5 Å². The van der Waals surface area contributed by atoms with Gasteiger partial charge in [0.2, 0.25) is 23.6 Å². The van der Waals surface area contributed by atoms with E-state index in [9.17, 15) is 37.1 Å². The lowest BCUT2D eigenvalue weighted by Crippen LogP contribution is -2.52. The first-order valence-electron chi connectivity index (χ1n) is 24.2. The molecule has 10 rings (SSSR count). The van der Waals surface area contributed by atoms with Crippen LogP contribution in [0, 0.1) is 40.3 Å². The first kappa shape index (κ1) is 47.2. The number of amides is 5. The van der Waals surface area contributed by atoms with Crippen LogP contribution >= 0.6 is 11.6 Å². The van der Waals surface area contributed by atoms with Crippen molar-refractivity contribution >= 4 is 46.8 Å². The fourth-order valence-electron chi connectivity index (χ4n) is 12.5. The van der Waals surface area contributed by atoms with Crippen molar-refractivity contribution in [2.75, 3.05) is 25.0 Å². The van der Waals surface area contributed by atoms with Gasteiger partial charge in [-0.25, -0.2) is 4.39 Å². The molecule has 2 aromatic carbocycles. The molecular weight excluding hydrogens is 914 g/mol. The lowest BCUT2D eigenvalue weighted by molar-refractivity contribution is -0.141. The number of rotatable bonds is 6. The molecule has 0 radical (unpaired) electrons. The van der Waals surface area contributed by atoms with Crippen LogP contribution in [0.4, 0.5) is 23.2 Å². The van der Waals surface area contributed by atoms with Crippen molar-refractivity contribution in [3.05, 3.63) is 93.0 Å². The first-order valence-corrected chi connectivity index (χ1v) is 24.5. The van der Waals surface area contributed by atoms with Crippen LogP contribution in [0.15, 0.2) is 48.7 Å². The molecule has 1 aromatic heterocycles. The number of benzene rings is 2. The van der Waals surface area contributed by atoms with Crippen molar-refractivity contribution in [2.24, 2.45) is 22.7 Å². The molecule has 5 fully saturated rings. The molecule has 6 heterocycles. The van der Waals surface area contributed by atoms with Crippen LogP contribution in [-0.4, -0.2) is 88.1 Å². The molecule has 6 atom stereocenters. The Morgan fingerprint density at radius 3 is 2.45 bits per heavy atom. The largest absolute Gasteiger partial charge is 0.433 e. The molecule has 1 unspecified atom stereocenters. The SMILES string of the molecule is CC(C)(C)C[C@@H]1N[C@@H](C(=O)NC2CCC(C(=O)N3CCC4(CC3)C[C@@H]4C#Cc3cccc4c3CN(C3CCC(=O)NC3=O)C4=O)CC2)[C@H](c2cccc(Cl)c2F)[C@]12CNc1cc(C(F)(F)F)ncc12. The summed E-state index contributed by atoms with van der Waals surface area (Å²) in [5.74, 6) is 4.04. The summed E-state index contributed by atoms with van der Waals surface area (Å²) in [5.41, 5.74) is 0.671. The van der Waals surface area contributed by atoms with Crippen LogP contribution < -0.4 is 21.3 Å². The molecule has 69 heavy (non-hydrogen) atoms. The van der Waals surface area contributed by atoms with Crippen molar-refractivity contribution < 1.29 is 41.5 Å². The van der Waals surface area contributed by atoms with Crippen molar-refractivity contribution in [3.63, 3.8) is 0 Å². The highest BCUT2D eigenvalue weighted by Gasteiger charge is 2.62. The lowest BCUT2D eigenvalue weighted by atomic mass is 9.63. The second kappa shape index (κ2) is 17.4. The predicted octanol–water partition coefficient (Wildman–Crippen LogP) is 7.23. The average Bonchev–Trinajstić information content (AvgIpc) is 3.51. The van der Waals surface area contributed by atoms with E-state index < -0.39 is 53.1 Å². The van der Waals surface area contributed by atoms with Crippen molar-refractivity contribution in [1.82, 2.24) is 30.7 Å². The Morgan fingerprint density at radius 2 is 1.74 bits per heavy atom. The highest BCUT2D eigenvalue weighted by atomic mass is 35.5. The monoisotopic (exact) mass is 969 g/mol. The van der Waals surface area contributed by atoms with E-state index >= 15 is 4.39 Å². The number of likely N-dealkylation sites (tertiary alicyclic amines) is 1. The van der Waals surface area contributed by atoms with E-state index in [2.05, 4.69) is 38.1 Å². The quantitative estimate of drug-likeness (QED) is 0.115. The number of piperidine rings is 2. The van der Waals surface area contributed by atoms with Gasteiger partial charge in [0.25, 0.3) is 5.91 Å². The number of hydrogen-bond donors (Lipinski definition) is 4. The molecule has 5 aliphatic heterocycles. The van der Waals surface area contributed by atoms with E-state index in [1.165, 1.54) is 17.2 Å². The van der Waals surface area contributed by atoms with Crippen molar-refractivity contribution in [2.45, 2.75) is 133 Å². The highest BCUT2D eigenvalue weighted by molar-refractivity contribution is 6.30. The van der Waals surface area contributed by atoms with E-state index in [1.54, 1.807) is 18.2 Å². The second-order valence-electron chi connectivity index (χ2n) is 21.6. The Hall–Kier alpha value is -5.53. The number of carbonyl (C=O) groups is 5. The van der Waals surface area contributed by atoms with Gasteiger partial charge in [-0.1, -0.05) is 62.4 Å². The summed E-state index contributed by atoms with van der Waals surface area (Å²) in [4.78, 5) is 73.6. The van der Waals surface area contributed by atoms with Crippen LogP contribution in [0.5, 0.6) is 0 Å². The molecule has 364 valence electrons. The fourth-order valence-corrected chi connectivity index (χ4v) is 12.7. The number of hydrogen-bond acceptors (Lipinski definition) is 8. The number of alkyl halides is 3. The van der Waals surface area contributed by atoms with Gasteiger partial charge < -0.3 is 25.8 Å². The smallest absolute Gasteiger partial charge is 0.384 e. The Labute approximate surface area is 403 Å². The normalized spacial score (nSPS) is 29.3. The molecule has 5 amide bonds. The van der Waals surface area contributed by atoms with Gasteiger partial charge in [0.1, 0.15) is 17.6 Å². The molecular formula is C52H56ClF4N7O5. The van der Waals surface area contributed by atoms with Gasteiger partial charge >= 0.3 is 6.18 Å². The fraction of sp³-hybridized carbons (Fsp3) is 0.538. The van der Waals surface area contributed by atoms with Gasteiger partial charge in [-0.2, -0.15) is 13.2 Å². The minimum atomic E-state index is -4.67. The van der Waals surface area contributed by atoms with Gasteiger partial charge in [0.05, 0.1) is 11.1 Å². The number of aromatic nitrogens is 1. The number of nitrogens with zero attached hydrogens (tertiary/aromatic N) is 3. The first-order chi connectivity index (χ1) is 32.8. The molecule has 12 nitrogen and oxygen atoms in total. The topological polar surface area (TPSA) is 153 Å². The zero-order chi connectivity index (χ0) is 48.8. The van der Waals surface area contributed by atoms with Crippen molar-refractivity contribution in [1.29, 1.82) is 0 Å². The molecule has 0 bridgehead atoms. The number of fused-ring (bicyclic) bond motifs is 3. The molecule has 17 heteroatoms. The van der Waals surface area contributed by atoms with Crippen LogP contribution in [0.2, 0.25) is 5.02 Å². The molecule has 2 saturated carbocycles. The lowest BCUT2D eigenvalue weighted by Gasteiger charge is -2.39. The van der Waals surface area contributed by atoms with Crippen molar-refractivity contribution in [3.8, 4) is 11.8 Å². The molecule has 4 N–H and O–H groups in total. The summed E-state index contributed by atoms with van der Waals surface area (Å²) in [7, 11) is 0. The summed E-state index contributed by atoms with van der Waals surface area (Å²) < 4.78 is 57.8. The number of imide groups is 1. The van der Waals surface area contributed by atoms with E-state index in [1.807, 2.05) is 37.8 Å². The van der Waals surface area contributed by atoms with Gasteiger partial charge in [-0.15, -0.1) is 0 Å². The van der Waals surface area contributed by atoms with E-state index in [4.69, 9.17) is 11.6 Å². The molecule has 2 spiro atoms. The summed E-state index contributed by atoms with van der Waals surface area (Å²) in [5, 5.41) is 12.2. The van der Waals surface area contributed by atoms with Gasteiger partial charge in [0, 0.05) is 96.4 Å². The summed E-state index contributed by atoms with van der Waals surface area (Å²) >= 11 is 6.37. The second-order valence-corrected chi connectivity index (χ2v) is 22.0. The minimum Gasteiger partial charge on any atom is -0.384 e. The molecule has 2 aliphatic carbocycles. The number of anilines is 1. The zero-order valence-corrected chi connectivity index (χ0v) is 39.6. The number of carbonyl (C=O) groups excluding carboxylic acids is 5.